The third-order valence-electron chi connectivity index (χ3n) is 4.84. The summed E-state index contributed by atoms with van der Waals surface area (Å²) in [6.45, 7) is 9.34. The Kier molecular flexibility index (Phi) is 3.05. The molecule has 3 rings (SSSR count). The molecule has 1 aliphatic carbocycles. The van der Waals surface area contributed by atoms with Gasteiger partial charge in [0.15, 0.2) is 0 Å². The maximum Gasteiger partial charge on any atom is 0.127 e. The van der Waals surface area contributed by atoms with Crippen molar-refractivity contribution >= 4 is 5.82 Å². The molecule has 1 heterocycles. The summed E-state index contributed by atoms with van der Waals surface area (Å²) in [4.78, 5) is 8.32. The average Bonchev–Trinajstić information content (AvgIpc) is 2.44. The Balaban J connectivity index is 2.16. The minimum Gasteiger partial charge on any atom is -0.384 e. The molecule has 110 valence electrons. The van der Waals surface area contributed by atoms with Crippen molar-refractivity contribution in [3.05, 3.63) is 41.7 Å². The number of aromatic nitrogens is 2. The van der Waals surface area contributed by atoms with Crippen LogP contribution in [0, 0.1) is 0 Å². The van der Waals surface area contributed by atoms with Gasteiger partial charge >= 0.3 is 0 Å². The lowest BCUT2D eigenvalue weighted by Gasteiger charge is -2.42. The second-order valence-electron chi connectivity index (χ2n) is 7.36. The fourth-order valence-electron chi connectivity index (χ4n) is 3.28. The van der Waals surface area contributed by atoms with Crippen LogP contribution in [0.25, 0.3) is 11.3 Å². The normalized spacial score (nSPS) is 19.0. The Morgan fingerprint density at radius 1 is 0.905 bits per heavy atom. The second-order valence-corrected chi connectivity index (χ2v) is 7.36. The standard InChI is InChI=1S/C18H23N3/c1-17(2)7-8-18(3,4)14-9-12(5-6-13(14)17)15-10-16(19)21-11-20-15/h5-6,9-11H,7-8H2,1-4H3,(H2,19,20,21). The van der Waals surface area contributed by atoms with Crippen molar-refractivity contribution in [2.45, 2.75) is 51.4 Å². The molecular weight excluding hydrogens is 258 g/mol. The Labute approximate surface area is 126 Å². The van der Waals surface area contributed by atoms with Gasteiger partial charge in [0, 0.05) is 11.6 Å². The van der Waals surface area contributed by atoms with Crippen molar-refractivity contribution in [3.8, 4) is 11.3 Å². The van der Waals surface area contributed by atoms with Crippen molar-refractivity contribution in [2.75, 3.05) is 5.73 Å². The van der Waals surface area contributed by atoms with Gasteiger partial charge in [-0.25, -0.2) is 9.97 Å². The fourth-order valence-corrected chi connectivity index (χ4v) is 3.28. The Morgan fingerprint density at radius 2 is 1.57 bits per heavy atom. The summed E-state index contributed by atoms with van der Waals surface area (Å²) in [5.74, 6) is 0.511. The van der Waals surface area contributed by atoms with Gasteiger partial charge in [0.1, 0.15) is 12.1 Å². The zero-order valence-corrected chi connectivity index (χ0v) is 13.3. The molecule has 0 bridgehead atoms. The van der Waals surface area contributed by atoms with E-state index in [1.54, 1.807) is 0 Å². The van der Waals surface area contributed by atoms with Crippen molar-refractivity contribution in [1.82, 2.24) is 9.97 Å². The lowest BCUT2D eigenvalue weighted by Crippen LogP contribution is -2.33. The highest BCUT2D eigenvalue weighted by molar-refractivity contribution is 5.64. The zero-order valence-electron chi connectivity index (χ0n) is 13.3. The molecule has 0 atom stereocenters. The first-order chi connectivity index (χ1) is 9.79. The molecular formula is C18H23N3. The quantitative estimate of drug-likeness (QED) is 0.857. The van der Waals surface area contributed by atoms with Crippen molar-refractivity contribution in [1.29, 1.82) is 0 Å². The van der Waals surface area contributed by atoms with Gasteiger partial charge in [-0.1, -0.05) is 39.8 Å². The number of hydrogen-bond donors (Lipinski definition) is 1. The van der Waals surface area contributed by atoms with Crippen molar-refractivity contribution in [2.24, 2.45) is 0 Å². The van der Waals surface area contributed by atoms with Gasteiger partial charge in [0.25, 0.3) is 0 Å². The molecule has 0 spiro atoms. The molecule has 0 saturated carbocycles. The highest BCUT2D eigenvalue weighted by atomic mass is 14.9. The molecule has 1 aromatic carbocycles. The third kappa shape index (κ3) is 2.41. The van der Waals surface area contributed by atoms with Crippen LogP contribution < -0.4 is 5.73 Å². The molecule has 3 heteroatoms. The first-order valence-corrected chi connectivity index (χ1v) is 7.52. The molecule has 2 aromatic rings. The number of fused-ring (bicyclic) bond motifs is 1. The number of benzene rings is 1. The summed E-state index contributed by atoms with van der Waals surface area (Å²) in [6.07, 6.45) is 3.97. The van der Waals surface area contributed by atoms with E-state index in [9.17, 15) is 0 Å². The first kappa shape index (κ1) is 14.1. The predicted octanol–water partition coefficient (Wildman–Crippen LogP) is 4.07. The van der Waals surface area contributed by atoms with Crippen LogP contribution in [0.15, 0.2) is 30.6 Å². The van der Waals surface area contributed by atoms with Gasteiger partial charge in [-0.15, -0.1) is 0 Å². The highest BCUT2D eigenvalue weighted by Gasteiger charge is 2.36. The molecule has 0 fully saturated rings. The number of nitrogens with zero attached hydrogens (tertiary/aromatic N) is 2. The minimum absolute atomic E-state index is 0.208. The molecule has 0 unspecified atom stereocenters. The first-order valence-electron chi connectivity index (χ1n) is 7.52. The number of nitrogens with two attached hydrogens (primary N) is 1. The lowest BCUT2D eigenvalue weighted by atomic mass is 9.63. The maximum absolute atomic E-state index is 5.78. The van der Waals surface area contributed by atoms with Crippen LogP contribution in [0.2, 0.25) is 0 Å². The Hall–Kier alpha value is -1.90. The topological polar surface area (TPSA) is 51.8 Å². The second kappa shape index (κ2) is 4.55. The monoisotopic (exact) mass is 281 g/mol. The van der Waals surface area contributed by atoms with Crippen LogP contribution in [0.3, 0.4) is 0 Å². The third-order valence-corrected chi connectivity index (χ3v) is 4.84. The van der Waals surface area contributed by atoms with Gasteiger partial charge in [-0.3, -0.25) is 0 Å². The van der Waals surface area contributed by atoms with E-state index in [1.165, 1.54) is 30.3 Å². The van der Waals surface area contributed by atoms with Gasteiger partial charge in [-0.05, 0) is 40.9 Å². The molecule has 0 aliphatic heterocycles. The number of nitrogen functional groups attached to an aromatic ring is 1. The van der Waals surface area contributed by atoms with Gasteiger partial charge in [0.05, 0.1) is 5.69 Å². The van der Waals surface area contributed by atoms with E-state index >= 15 is 0 Å². The molecule has 21 heavy (non-hydrogen) atoms. The summed E-state index contributed by atoms with van der Waals surface area (Å²) in [7, 11) is 0. The largest absolute Gasteiger partial charge is 0.384 e. The Bertz CT molecular complexity index is 687. The van der Waals surface area contributed by atoms with E-state index in [2.05, 4.69) is 55.9 Å². The average molecular weight is 281 g/mol. The van der Waals surface area contributed by atoms with E-state index in [4.69, 9.17) is 5.73 Å². The SMILES string of the molecule is CC1(C)CCC(C)(C)c2cc(-c3cc(N)ncn3)ccc21. The maximum atomic E-state index is 5.78. The van der Waals surface area contributed by atoms with Gasteiger partial charge < -0.3 is 5.73 Å². The number of rotatable bonds is 1. The predicted molar refractivity (Wildman–Crippen MR) is 87.2 cm³/mol. The van der Waals surface area contributed by atoms with Crippen molar-refractivity contribution in [3.63, 3.8) is 0 Å². The summed E-state index contributed by atoms with van der Waals surface area (Å²) in [5.41, 5.74) is 11.1. The van der Waals surface area contributed by atoms with E-state index in [1.807, 2.05) is 6.07 Å². The van der Waals surface area contributed by atoms with Crippen LogP contribution in [-0.4, -0.2) is 9.97 Å². The summed E-state index contributed by atoms with van der Waals surface area (Å²) >= 11 is 0. The molecule has 1 aromatic heterocycles. The zero-order chi connectivity index (χ0) is 15.3. The summed E-state index contributed by atoms with van der Waals surface area (Å²) < 4.78 is 0. The van der Waals surface area contributed by atoms with E-state index < -0.39 is 0 Å². The molecule has 0 radical (unpaired) electrons. The van der Waals surface area contributed by atoms with Crippen LogP contribution in [0.1, 0.15) is 51.7 Å². The minimum atomic E-state index is 0.208. The fraction of sp³-hybridized carbons (Fsp3) is 0.444. The van der Waals surface area contributed by atoms with Crippen molar-refractivity contribution < 1.29 is 0 Å². The smallest absolute Gasteiger partial charge is 0.127 e. The lowest BCUT2D eigenvalue weighted by molar-refractivity contribution is 0.332. The van der Waals surface area contributed by atoms with Gasteiger partial charge in [0.2, 0.25) is 0 Å². The van der Waals surface area contributed by atoms with Crippen LogP contribution in [0.5, 0.6) is 0 Å². The number of anilines is 1. The van der Waals surface area contributed by atoms with Crippen LogP contribution in [0.4, 0.5) is 5.82 Å². The van der Waals surface area contributed by atoms with Gasteiger partial charge in [-0.2, -0.15) is 0 Å². The molecule has 0 saturated heterocycles. The van der Waals surface area contributed by atoms with E-state index in [-0.39, 0.29) is 10.8 Å². The van der Waals surface area contributed by atoms with Crippen LogP contribution >= 0.6 is 0 Å². The summed E-state index contributed by atoms with van der Waals surface area (Å²) in [6, 6.07) is 8.55. The molecule has 0 amide bonds. The van der Waals surface area contributed by atoms with E-state index in [0.717, 1.165) is 11.3 Å². The Morgan fingerprint density at radius 3 is 2.24 bits per heavy atom. The van der Waals surface area contributed by atoms with Crippen LogP contribution in [-0.2, 0) is 10.8 Å². The highest BCUT2D eigenvalue weighted by Crippen LogP contribution is 2.46. The molecule has 1 aliphatic rings. The molecule has 2 N–H and O–H groups in total. The van der Waals surface area contributed by atoms with E-state index in [0.29, 0.717) is 5.82 Å². The number of hydrogen-bond acceptors (Lipinski definition) is 3. The summed E-state index contributed by atoms with van der Waals surface area (Å²) in [5, 5.41) is 0. The molecule has 3 nitrogen and oxygen atoms in total.